The van der Waals surface area contributed by atoms with E-state index in [0.717, 1.165) is 38.8 Å². The van der Waals surface area contributed by atoms with Crippen LogP contribution in [0.3, 0.4) is 0 Å². The molecule has 0 aliphatic carbocycles. The molecule has 130 valence electrons. The summed E-state index contributed by atoms with van der Waals surface area (Å²) in [6.07, 6.45) is 4.42. The second-order valence-corrected chi connectivity index (χ2v) is 6.50. The van der Waals surface area contributed by atoms with Gasteiger partial charge < -0.3 is 19.3 Å². The number of rotatable bonds is 4. The van der Waals surface area contributed by atoms with Gasteiger partial charge in [-0.1, -0.05) is 0 Å². The van der Waals surface area contributed by atoms with Crippen molar-refractivity contribution < 1.29 is 23.9 Å². The molecule has 3 heterocycles. The minimum atomic E-state index is -1.18. The molecule has 2 saturated heterocycles. The van der Waals surface area contributed by atoms with E-state index in [1.807, 2.05) is 4.90 Å². The maximum absolute atomic E-state index is 12.4. The van der Waals surface area contributed by atoms with Crippen molar-refractivity contribution in [1.29, 1.82) is 0 Å². The molecule has 7 nitrogen and oxygen atoms in total. The number of carboxylic acid groups (broad SMARTS) is 1. The van der Waals surface area contributed by atoms with Crippen molar-refractivity contribution in [2.45, 2.75) is 32.1 Å². The van der Waals surface area contributed by atoms with Crippen LogP contribution in [0.15, 0.2) is 16.5 Å². The number of amides is 2. The standard InChI is InChI=1S/C17H22N2O5/c20-15-3-1-2-8-19(15)11-12-6-9-18(10-7-12)16(21)13-4-5-14(24-13)17(22)23/h4-5,12H,1-3,6-11H2,(H,22,23). The van der Waals surface area contributed by atoms with E-state index in [-0.39, 0.29) is 23.3 Å². The molecule has 2 aliphatic rings. The number of aromatic carboxylic acids is 1. The summed E-state index contributed by atoms with van der Waals surface area (Å²) in [6, 6.07) is 2.70. The van der Waals surface area contributed by atoms with Crippen molar-refractivity contribution in [3.8, 4) is 0 Å². The molecule has 24 heavy (non-hydrogen) atoms. The predicted molar refractivity (Wildman–Crippen MR) is 84.7 cm³/mol. The van der Waals surface area contributed by atoms with E-state index in [1.165, 1.54) is 12.1 Å². The molecule has 1 aromatic rings. The van der Waals surface area contributed by atoms with Crippen molar-refractivity contribution in [2.75, 3.05) is 26.2 Å². The summed E-state index contributed by atoms with van der Waals surface area (Å²) in [6.45, 7) is 2.84. The molecule has 0 spiro atoms. The number of piperidine rings is 2. The third kappa shape index (κ3) is 3.60. The van der Waals surface area contributed by atoms with Crippen molar-refractivity contribution in [1.82, 2.24) is 9.80 Å². The van der Waals surface area contributed by atoms with Crippen molar-refractivity contribution in [3.63, 3.8) is 0 Å². The van der Waals surface area contributed by atoms with E-state index in [2.05, 4.69) is 0 Å². The zero-order valence-corrected chi connectivity index (χ0v) is 13.6. The fraction of sp³-hybridized carbons (Fsp3) is 0.588. The smallest absolute Gasteiger partial charge is 0.371 e. The van der Waals surface area contributed by atoms with Gasteiger partial charge in [-0.05, 0) is 43.7 Å². The van der Waals surface area contributed by atoms with Crippen molar-refractivity contribution >= 4 is 17.8 Å². The van der Waals surface area contributed by atoms with E-state index < -0.39 is 5.97 Å². The first-order valence-electron chi connectivity index (χ1n) is 8.45. The molecular weight excluding hydrogens is 312 g/mol. The van der Waals surface area contributed by atoms with Gasteiger partial charge in [0.15, 0.2) is 5.76 Å². The van der Waals surface area contributed by atoms with Gasteiger partial charge in [0, 0.05) is 32.6 Å². The Labute approximate surface area is 140 Å². The number of nitrogens with zero attached hydrogens (tertiary/aromatic N) is 2. The largest absolute Gasteiger partial charge is 0.475 e. The van der Waals surface area contributed by atoms with Gasteiger partial charge in [0.05, 0.1) is 0 Å². The third-order valence-corrected chi connectivity index (χ3v) is 4.83. The molecule has 0 saturated carbocycles. The van der Waals surface area contributed by atoms with Gasteiger partial charge in [0.2, 0.25) is 11.7 Å². The lowest BCUT2D eigenvalue weighted by Gasteiger charge is -2.35. The highest BCUT2D eigenvalue weighted by Gasteiger charge is 2.28. The quantitative estimate of drug-likeness (QED) is 0.907. The Bertz CT molecular complexity index is 631. The lowest BCUT2D eigenvalue weighted by molar-refractivity contribution is -0.134. The molecular formula is C17H22N2O5. The summed E-state index contributed by atoms with van der Waals surface area (Å²) in [5.74, 6) is -0.943. The summed E-state index contributed by atoms with van der Waals surface area (Å²) in [5.41, 5.74) is 0. The number of hydrogen-bond donors (Lipinski definition) is 1. The second-order valence-electron chi connectivity index (χ2n) is 6.50. The topological polar surface area (TPSA) is 91.1 Å². The summed E-state index contributed by atoms with van der Waals surface area (Å²) < 4.78 is 5.08. The highest BCUT2D eigenvalue weighted by molar-refractivity contribution is 5.93. The van der Waals surface area contributed by atoms with E-state index in [1.54, 1.807) is 4.90 Å². The van der Waals surface area contributed by atoms with Crippen LogP contribution in [-0.2, 0) is 4.79 Å². The average Bonchev–Trinajstić information content (AvgIpc) is 3.07. The lowest BCUT2D eigenvalue weighted by atomic mass is 9.95. The number of hydrogen-bond acceptors (Lipinski definition) is 4. The maximum atomic E-state index is 12.4. The van der Waals surface area contributed by atoms with Gasteiger partial charge in [-0.2, -0.15) is 0 Å². The van der Waals surface area contributed by atoms with Gasteiger partial charge >= 0.3 is 5.97 Å². The van der Waals surface area contributed by atoms with Crippen molar-refractivity contribution in [3.05, 3.63) is 23.7 Å². The zero-order valence-electron chi connectivity index (χ0n) is 13.6. The normalized spacial score (nSPS) is 19.6. The average molecular weight is 334 g/mol. The third-order valence-electron chi connectivity index (χ3n) is 4.83. The van der Waals surface area contributed by atoms with Crippen LogP contribution < -0.4 is 0 Å². The molecule has 0 aromatic carbocycles. The Hall–Kier alpha value is -2.31. The van der Waals surface area contributed by atoms with Crippen LogP contribution in [-0.4, -0.2) is 58.9 Å². The Morgan fingerprint density at radius 1 is 1.12 bits per heavy atom. The molecule has 0 atom stereocenters. The molecule has 0 unspecified atom stereocenters. The van der Waals surface area contributed by atoms with Gasteiger partial charge in [0.25, 0.3) is 5.91 Å². The minimum absolute atomic E-state index is 0.0667. The molecule has 0 radical (unpaired) electrons. The summed E-state index contributed by atoms with van der Waals surface area (Å²) in [5, 5.41) is 8.85. The molecule has 7 heteroatoms. The first-order valence-corrected chi connectivity index (χ1v) is 8.45. The van der Waals surface area contributed by atoms with Crippen LogP contribution in [0.5, 0.6) is 0 Å². The number of furan rings is 1. The van der Waals surface area contributed by atoms with Gasteiger partial charge in [-0.15, -0.1) is 0 Å². The number of carboxylic acids is 1. The van der Waals surface area contributed by atoms with E-state index in [0.29, 0.717) is 25.4 Å². The lowest BCUT2D eigenvalue weighted by Crippen LogP contribution is -2.44. The van der Waals surface area contributed by atoms with Crippen LogP contribution in [0.2, 0.25) is 0 Å². The summed E-state index contributed by atoms with van der Waals surface area (Å²) in [7, 11) is 0. The Morgan fingerprint density at radius 2 is 1.83 bits per heavy atom. The van der Waals surface area contributed by atoms with Crippen LogP contribution in [0.1, 0.15) is 53.2 Å². The highest BCUT2D eigenvalue weighted by Crippen LogP contribution is 2.22. The number of carbonyl (C=O) groups excluding carboxylic acids is 2. The number of carbonyl (C=O) groups is 3. The summed E-state index contributed by atoms with van der Waals surface area (Å²) >= 11 is 0. The van der Waals surface area contributed by atoms with E-state index in [9.17, 15) is 14.4 Å². The first kappa shape index (κ1) is 16.5. The monoisotopic (exact) mass is 334 g/mol. The number of likely N-dealkylation sites (tertiary alicyclic amines) is 2. The second kappa shape index (κ2) is 7.07. The van der Waals surface area contributed by atoms with Crippen molar-refractivity contribution in [2.24, 2.45) is 5.92 Å². The Balaban J connectivity index is 1.51. The maximum Gasteiger partial charge on any atom is 0.371 e. The molecule has 1 N–H and O–H groups in total. The molecule has 0 bridgehead atoms. The van der Waals surface area contributed by atoms with Crippen LogP contribution >= 0.6 is 0 Å². The first-order chi connectivity index (χ1) is 11.5. The highest BCUT2D eigenvalue weighted by atomic mass is 16.4. The van der Waals surface area contributed by atoms with Gasteiger partial charge in [0.1, 0.15) is 0 Å². The fourth-order valence-electron chi connectivity index (χ4n) is 3.41. The van der Waals surface area contributed by atoms with Gasteiger partial charge in [-0.3, -0.25) is 9.59 Å². The molecule has 2 amide bonds. The Kier molecular flexibility index (Phi) is 4.87. The SMILES string of the molecule is O=C(O)c1ccc(C(=O)N2CCC(CN3CCCCC3=O)CC2)o1. The Morgan fingerprint density at radius 3 is 2.46 bits per heavy atom. The van der Waals surface area contributed by atoms with Crippen LogP contribution in [0.4, 0.5) is 0 Å². The molecule has 1 aromatic heterocycles. The summed E-state index contributed by atoms with van der Waals surface area (Å²) in [4.78, 5) is 38.7. The molecule has 2 aliphatic heterocycles. The molecule has 3 rings (SSSR count). The van der Waals surface area contributed by atoms with Crippen LogP contribution in [0, 0.1) is 5.92 Å². The zero-order chi connectivity index (χ0) is 17.1. The molecule has 2 fully saturated rings. The minimum Gasteiger partial charge on any atom is -0.475 e. The van der Waals surface area contributed by atoms with E-state index >= 15 is 0 Å². The van der Waals surface area contributed by atoms with E-state index in [4.69, 9.17) is 9.52 Å². The predicted octanol–water partition coefficient (Wildman–Crippen LogP) is 1.84. The van der Waals surface area contributed by atoms with Crippen LogP contribution in [0.25, 0.3) is 0 Å². The fourth-order valence-corrected chi connectivity index (χ4v) is 3.41. The van der Waals surface area contributed by atoms with Gasteiger partial charge in [-0.25, -0.2) is 4.79 Å².